The average molecular weight is 324 g/mol. The van der Waals surface area contributed by atoms with E-state index >= 15 is 0 Å². The number of rotatable bonds is 3. The first-order valence-corrected chi connectivity index (χ1v) is 7.67. The van der Waals surface area contributed by atoms with Crippen LogP contribution in [0.5, 0.6) is 5.75 Å². The third kappa shape index (κ3) is 4.08. The molecule has 0 saturated carbocycles. The lowest BCUT2D eigenvalue weighted by Gasteiger charge is -2.31. The number of ether oxygens (including phenoxy) is 1. The molecule has 1 saturated heterocycles. The van der Waals surface area contributed by atoms with Crippen molar-refractivity contribution in [1.29, 1.82) is 0 Å². The number of halogens is 3. The molecule has 0 aliphatic carbocycles. The maximum Gasteiger partial charge on any atom is 0.573 e. The van der Waals surface area contributed by atoms with E-state index in [1.807, 2.05) is 11.9 Å². The lowest BCUT2D eigenvalue weighted by Crippen LogP contribution is -2.46. The van der Waals surface area contributed by atoms with E-state index in [0.29, 0.717) is 26.2 Å². The van der Waals surface area contributed by atoms with E-state index in [9.17, 15) is 21.6 Å². The lowest BCUT2D eigenvalue weighted by molar-refractivity contribution is -0.274. The maximum atomic E-state index is 12.3. The van der Waals surface area contributed by atoms with Gasteiger partial charge < -0.3 is 9.64 Å². The van der Waals surface area contributed by atoms with Crippen LogP contribution in [0, 0.1) is 0 Å². The SMILES string of the molecule is CN1CCN(S(=O)(=O)c2ccc(OC(F)(F)F)cc2)CC1. The molecule has 0 unspecified atom stereocenters. The first-order chi connectivity index (χ1) is 9.68. The molecule has 0 amide bonds. The molecule has 1 heterocycles. The molecule has 1 aromatic rings. The van der Waals surface area contributed by atoms with E-state index in [4.69, 9.17) is 0 Å². The molecule has 1 fully saturated rings. The molecule has 5 nitrogen and oxygen atoms in total. The molecule has 1 aromatic carbocycles. The summed E-state index contributed by atoms with van der Waals surface area (Å²) in [5.41, 5.74) is 0. The zero-order valence-electron chi connectivity index (χ0n) is 11.3. The zero-order chi connectivity index (χ0) is 15.7. The fourth-order valence-electron chi connectivity index (χ4n) is 1.99. The fourth-order valence-corrected chi connectivity index (χ4v) is 3.41. The number of sulfonamides is 1. The quantitative estimate of drug-likeness (QED) is 0.846. The van der Waals surface area contributed by atoms with Gasteiger partial charge in [0.15, 0.2) is 0 Å². The van der Waals surface area contributed by atoms with Crippen molar-refractivity contribution < 1.29 is 26.3 Å². The van der Waals surface area contributed by atoms with Gasteiger partial charge in [-0.05, 0) is 31.3 Å². The zero-order valence-corrected chi connectivity index (χ0v) is 12.1. The van der Waals surface area contributed by atoms with Crippen LogP contribution < -0.4 is 4.74 Å². The number of likely N-dealkylation sites (N-methyl/N-ethyl adjacent to an activating group) is 1. The van der Waals surface area contributed by atoms with Crippen LogP contribution in [-0.2, 0) is 10.0 Å². The molecule has 1 aliphatic heterocycles. The van der Waals surface area contributed by atoms with Gasteiger partial charge in [0.2, 0.25) is 10.0 Å². The van der Waals surface area contributed by atoms with Crippen LogP contribution in [0.4, 0.5) is 13.2 Å². The maximum absolute atomic E-state index is 12.3. The van der Waals surface area contributed by atoms with E-state index < -0.39 is 22.1 Å². The second-order valence-corrected chi connectivity index (χ2v) is 6.66. The Hall–Kier alpha value is -1.32. The summed E-state index contributed by atoms with van der Waals surface area (Å²) in [5, 5.41) is 0. The van der Waals surface area contributed by atoms with E-state index in [2.05, 4.69) is 4.74 Å². The molecule has 1 aliphatic rings. The summed E-state index contributed by atoms with van der Waals surface area (Å²) in [7, 11) is -1.78. The number of piperazine rings is 1. The fraction of sp³-hybridized carbons (Fsp3) is 0.500. The largest absolute Gasteiger partial charge is 0.573 e. The monoisotopic (exact) mass is 324 g/mol. The van der Waals surface area contributed by atoms with Crippen molar-refractivity contribution in [2.45, 2.75) is 11.3 Å². The number of hydrogen-bond acceptors (Lipinski definition) is 4. The van der Waals surface area contributed by atoms with Crippen LogP contribution in [0.1, 0.15) is 0 Å². The van der Waals surface area contributed by atoms with Gasteiger partial charge in [0.25, 0.3) is 0 Å². The van der Waals surface area contributed by atoms with E-state index in [1.165, 1.54) is 4.31 Å². The molecular weight excluding hydrogens is 309 g/mol. The number of alkyl halides is 3. The van der Waals surface area contributed by atoms with Crippen LogP contribution >= 0.6 is 0 Å². The third-order valence-corrected chi connectivity index (χ3v) is 5.07. The lowest BCUT2D eigenvalue weighted by atomic mass is 10.3. The summed E-state index contributed by atoms with van der Waals surface area (Å²) in [6, 6.07) is 4.23. The highest BCUT2D eigenvalue weighted by Crippen LogP contribution is 2.25. The summed E-state index contributed by atoms with van der Waals surface area (Å²) in [6.45, 7) is 1.96. The summed E-state index contributed by atoms with van der Waals surface area (Å²) in [4.78, 5) is 1.97. The molecular formula is C12H15F3N2O3S. The Labute approximate surface area is 121 Å². The van der Waals surface area contributed by atoms with Gasteiger partial charge in [0.05, 0.1) is 4.90 Å². The van der Waals surface area contributed by atoms with Gasteiger partial charge in [-0.15, -0.1) is 13.2 Å². The molecule has 21 heavy (non-hydrogen) atoms. The highest BCUT2D eigenvalue weighted by atomic mass is 32.2. The summed E-state index contributed by atoms with van der Waals surface area (Å²) >= 11 is 0. The van der Waals surface area contributed by atoms with Gasteiger partial charge in [-0.1, -0.05) is 0 Å². The minimum Gasteiger partial charge on any atom is -0.406 e. The van der Waals surface area contributed by atoms with E-state index in [0.717, 1.165) is 24.3 Å². The van der Waals surface area contributed by atoms with Gasteiger partial charge in [0, 0.05) is 26.2 Å². The van der Waals surface area contributed by atoms with Crippen LogP contribution in [0.3, 0.4) is 0 Å². The minimum atomic E-state index is -4.79. The molecule has 118 valence electrons. The summed E-state index contributed by atoms with van der Waals surface area (Å²) in [6.07, 6.45) is -4.79. The second-order valence-electron chi connectivity index (χ2n) is 4.73. The van der Waals surface area contributed by atoms with Crippen LogP contribution in [0.25, 0.3) is 0 Å². The van der Waals surface area contributed by atoms with Crippen molar-refractivity contribution in [3.8, 4) is 5.75 Å². The summed E-state index contributed by atoms with van der Waals surface area (Å²) in [5.74, 6) is -0.445. The minimum absolute atomic E-state index is 0.0402. The molecule has 9 heteroatoms. The third-order valence-electron chi connectivity index (χ3n) is 3.16. The van der Waals surface area contributed by atoms with Crippen LogP contribution in [0.2, 0.25) is 0 Å². The molecule has 0 bridgehead atoms. The highest BCUT2D eigenvalue weighted by Gasteiger charge is 2.32. The second kappa shape index (κ2) is 5.82. The van der Waals surface area contributed by atoms with Gasteiger partial charge in [-0.25, -0.2) is 8.42 Å². The standard InChI is InChI=1S/C12H15F3N2O3S/c1-16-6-8-17(9-7-16)21(18,19)11-4-2-10(3-5-11)20-12(13,14)15/h2-5H,6-9H2,1H3. The van der Waals surface area contributed by atoms with Crippen LogP contribution in [0.15, 0.2) is 29.2 Å². The van der Waals surface area contributed by atoms with Crippen LogP contribution in [-0.4, -0.2) is 57.2 Å². The average Bonchev–Trinajstić information content (AvgIpc) is 2.38. The number of nitrogens with zero attached hydrogens (tertiary/aromatic N) is 2. The molecule has 0 radical (unpaired) electrons. The van der Waals surface area contributed by atoms with Crippen molar-refractivity contribution in [3.63, 3.8) is 0 Å². The smallest absolute Gasteiger partial charge is 0.406 e. The molecule has 0 N–H and O–H groups in total. The van der Waals surface area contributed by atoms with Crippen molar-refractivity contribution in [2.24, 2.45) is 0 Å². The predicted molar refractivity (Wildman–Crippen MR) is 69.4 cm³/mol. The summed E-state index contributed by atoms with van der Waals surface area (Å²) < 4.78 is 65.9. The Bertz CT molecular complexity index is 579. The Balaban J connectivity index is 2.14. The Morgan fingerprint density at radius 1 is 1.05 bits per heavy atom. The Kier molecular flexibility index (Phi) is 4.45. The molecule has 0 atom stereocenters. The number of hydrogen-bond donors (Lipinski definition) is 0. The van der Waals surface area contributed by atoms with Crippen molar-refractivity contribution >= 4 is 10.0 Å². The number of benzene rings is 1. The predicted octanol–water partition coefficient (Wildman–Crippen LogP) is 1.52. The van der Waals surface area contributed by atoms with Gasteiger partial charge in [-0.3, -0.25) is 0 Å². The topological polar surface area (TPSA) is 49.9 Å². The van der Waals surface area contributed by atoms with Gasteiger partial charge >= 0.3 is 6.36 Å². The van der Waals surface area contributed by atoms with Gasteiger partial charge in [0.1, 0.15) is 5.75 Å². The Morgan fingerprint density at radius 3 is 2.05 bits per heavy atom. The molecule has 0 aromatic heterocycles. The first kappa shape index (κ1) is 16.1. The van der Waals surface area contributed by atoms with Crippen molar-refractivity contribution in [2.75, 3.05) is 33.2 Å². The molecule has 0 spiro atoms. The van der Waals surface area contributed by atoms with E-state index in [-0.39, 0.29) is 4.90 Å². The van der Waals surface area contributed by atoms with Gasteiger partial charge in [-0.2, -0.15) is 4.31 Å². The van der Waals surface area contributed by atoms with Crippen molar-refractivity contribution in [1.82, 2.24) is 9.21 Å². The molecule has 2 rings (SSSR count). The highest BCUT2D eigenvalue weighted by molar-refractivity contribution is 7.89. The van der Waals surface area contributed by atoms with Crippen molar-refractivity contribution in [3.05, 3.63) is 24.3 Å². The Morgan fingerprint density at radius 2 is 1.57 bits per heavy atom. The normalized spacial score (nSPS) is 18.7. The first-order valence-electron chi connectivity index (χ1n) is 6.23. The van der Waals surface area contributed by atoms with E-state index in [1.54, 1.807) is 0 Å².